The van der Waals surface area contributed by atoms with Crippen molar-refractivity contribution in [3.05, 3.63) is 30.1 Å². The zero-order valence-corrected chi connectivity index (χ0v) is 11.1. The average Bonchev–Trinajstić information content (AvgIpc) is 2.85. The number of nitrogens with one attached hydrogen (secondary N) is 2. The van der Waals surface area contributed by atoms with E-state index < -0.39 is 5.60 Å². The number of aliphatic hydroxyl groups is 1. The second-order valence-corrected chi connectivity index (χ2v) is 5.15. The molecule has 1 fully saturated rings. The minimum atomic E-state index is -0.694. The lowest BCUT2D eigenvalue weighted by atomic mass is 10.0. The van der Waals surface area contributed by atoms with E-state index in [2.05, 4.69) is 15.6 Å². The number of aromatic nitrogens is 1. The molecule has 0 atom stereocenters. The molecule has 0 aliphatic heterocycles. The zero-order valence-electron chi connectivity index (χ0n) is 11.1. The lowest BCUT2D eigenvalue weighted by Gasteiger charge is -2.22. The number of carbonyl (C=O) groups is 1. The van der Waals surface area contributed by atoms with Crippen LogP contribution in [0.1, 0.15) is 31.2 Å². The number of hydrogen-bond donors (Lipinski definition) is 3. The fourth-order valence-electron chi connectivity index (χ4n) is 2.38. The third-order valence-corrected chi connectivity index (χ3v) is 3.53. The van der Waals surface area contributed by atoms with Gasteiger partial charge in [-0.25, -0.2) is 4.79 Å². The number of rotatable bonds is 5. The van der Waals surface area contributed by atoms with Crippen molar-refractivity contribution < 1.29 is 9.90 Å². The van der Waals surface area contributed by atoms with Crippen LogP contribution in [0.25, 0.3) is 0 Å². The molecule has 0 radical (unpaired) electrons. The minimum Gasteiger partial charge on any atom is -0.388 e. The van der Waals surface area contributed by atoms with Crippen molar-refractivity contribution in [1.82, 2.24) is 15.6 Å². The monoisotopic (exact) mass is 263 g/mol. The summed E-state index contributed by atoms with van der Waals surface area (Å²) in [6.45, 7) is 0.904. The summed E-state index contributed by atoms with van der Waals surface area (Å²) >= 11 is 0. The highest BCUT2D eigenvalue weighted by Gasteiger charge is 2.31. The first kappa shape index (κ1) is 13.8. The van der Waals surface area contributed by atoms with Gasteiger partial charge in [0.25, 0.3) is 0 Å². The first-order valence-corrected chi connectivity index (χ1v) is 6.81. The van der Waals surface area contributed by atoms with Gasteiger partial charge in [-0.2, -0.15) is 0 Å². The van der Waals surface area contributed by atoms with Crippen LogP contribution in [-0.2, 0) is 6.42 Å². The van der Waals surface area contributed by atoms with Crippen molar-refractivity contribution in [3.8, 4) is 0 Å². The number of hydrogen-bond acceptors (Lipinski definition) is 3. The summed E-state index contributed by atoms with van der Waals surface area (Å²) in [5, 5.41) is 15.6. The lowest BCUT2D eigenvalue weighted by Crippen LogP contribution is -2.45. The highest BCUT2D eigenvalue weighted by Crippen LogP contribution is 2.28. The maximum Gasteiger partial charge on any atom is 0.314 e. The maximum absolute atomic E-state index is 11.6. The van der Waals surface area contributed by atoms with E-state index in [1.54, 1.807) is 12.4 Å². The molecular formula is C14H21N3O2. The Labute approximate surface area is 113 Å². The van der Waals surface area contributed by atoms with Gasteiger partial charge in [-0.1, -0.05) is 18.9 Å². The summed E-state index contributed by atoms with van der Waals surface area (Å²) in [7, 11) is 0. The molecule has 1 aliphatic rings. The molecule has 104 valence electrons. The van der Waals surface area contributed by atoms with E-state index in [0.717, 1.165) is 37.7 Å². The van der Waals surface area contributed by atoms with Crippen molar-refractivity contribution in [2.24, 2.45) is 0 Å². The predicted octanol–water partition coefficient (Wildman–Crippen LogP) is 1.23. The van der Waals surface area contributed by atoms with Crippen LogP contribution < -0.4 is 10.6 Å². The minimum absolute atomic E-state index is 0.218. The van der Waals surface area contributed by atoms with Crippen LogP contribution in [0.5, 0.6) is 0 Å². The fraction of sp³-hybridized carbons (Fsp3) is 0.571. The highest BCUT2D eigenvalue weighted by molar-refractivity contribution is 5.73. The Kier molecular flexibility index (Phi) is 4.74. The second kappa shape index (κ2) is 6.52. The van der Waals surface area contributed by atoms with E-state index in [9.17, 15) is 9.90 Å². The average molecular weight is 263 g/mol. The summed E-state index contributed by atoms with van der Waals surface area (Å²) < 4.78 is 0. The molecule has 0 spiro atoms. The summed E-state index contributed by atoms with van der Waals surface area (Å²) in [6.07, 6.45) is 7.92. The molecule has 1 heterocycles. The van der Waals surface area contributed by atoms with Crippen molar-refractivity contribution in [1.29, 1.82) is 0 Å². The number of nitrogens with zero attached hydrogens (tertiary/aromatic N) is 1. The Hall–Kier alpha value is -1.62. The molecule has 0 unspecified atom stereocenters. The van der Waals surface area contributed by atoms with Crippen molar-refractivity contribution in [2.75, 3.05) is 13.1 Å². The number of urea groups is 1. The number of carbonyl (C=O) groups excluding carboxylic acids is 1. The molecule has 1 aromatic rings. The molecular weight excluding hydrogens is 242 g/mol. The highest BCUT2D eigenvalue weighted by atomic mass is 16.3. The van der Waals surface area contributed by atoms with Crippen LogP contribution in [0.2, 0.25) is 0 Å². The zero-order chi connectivity index (χ0) is 13.6. The SMILES string of the molecule is O=C(NCCc1cccnc1)NCC1(O)CCCC1. The van der Waals surface area contributed by atoms with E-state index in [4.69, 9.17) is 0 Å². The van der Waals surface area contributed by atoms with Crippen LogP contribution in [-0.4, -0.2) is 34.8 Å². The van der Waals surface area contributed by atoms with Gasteiger partial charge in [0.05, 0.1) is 5.60 Å². The van der Waals surface area contributed by atoms with Gasteiger partial charge in [0.2, 0.25) is 0 Å². The third kappa shape index (κ3) is 4.52. The van der Waals surface area contributed by atoms with Gasteiger partial charge in [-0.3, -0.25) is 4.98 Å². The van der Waals surface area contributed by atoms with Crippen LogP contribution >= 0.6 is 0 Å². The smallest absolute Gasteiger partial charge is 0.314 e. The Morgan fingerprint density at radius 2 is 2.16 bits per heavy atom. The van der Waals surface area contributed by atoms with Crippen molar-refractivity contribution >= 4 is 6.03 Å². The van der Waals surface area contributed by atoms with Gasteiger partial charge >= 0.3 is 6.03 Å². The summed E-state index contributed by atoms with van der Waals surface area (Å²) in [5.74, 6) is 0. The van der Waals surface area contributed by atoms with Crippen LogP contribution in [0.4, 0.5) is 4.79 Å². The van der Waals surface area contributed by atoms with E-state index in [0.29, 0.717) is 13.1 Å². The maximum atomic E-state index is 11.6. The van der Waals surface area contributed by atoms with E-state index >= 15 is 0 Å². The number of pyridine rings is 1. The van der Waals surface area contributed by atoms with E-state index in [1.807, 2.05) is 12.1 Å². The molecule has 3 N–H and O–H groups in total. The topological polar surface area (TPSA) is 74.2 Å². The van der Waals surface area contributed by atoms with Crippen molar-refractivity contribution in [3.63, 3.8) is 0 Å². The van der Waals surface area contributed by atoms with Gasteiger partial charge in [0.15, 0.2) is 0 Å². The van der Waals surface area contributed by atoms with E-state index in [1.165, 1.54) is 0 Å². The normalized spacial score (nSPS) is 17.1. The standard InChI is InChI=1S/C14H21N3O2/c18-13(17-11-14(19)6-1-2-7-14)16-9-5-12-4-3-8-15-10-12/h3-4,8,10,19H,1-2,5-7,9,11H2,(H2,16,17,18). The van der Waals surface area contributed by atoms with Gasteiger partial charge in [0, 0.05) is 25.5 Å². The first-order chi connectivity index (χ1) is 9.18. The van der Waals surface area contributed by atoms with Gasteiger partial charge < -0.3 is 15.7 Å². The Balaban J connectivity index is 1.62. The largest absolute Gasteiger partial charge is 0.388 e. The second-order valence-electron chi connectivity index (χ2n) is 5.15. The third-order valence-electron chi connectivity index (χ3n) is 3.53. The predicted molar refractivity (Wildman–Crippen MR) is 72.8 cm³/mol. The fourth-order valence-corrected chi connectivity index (χ4v) is 2.38. The Morgan fingerprint density at radius 3 is 2.84 bits per heavy atom. The molecule has 0 saturated heterocycles. The molecule has 2 amide bonds. The van der Waals surface area contributed by atoms with Gasteiger partial charge in [-0.05, 0) is 30.9 Å². The molecule has 19 heavy (non-hydrogen) atoms. The van der Waals surface area contributed by atoms with Crippen LogP contribution in [0, 0.1) is 0 Å². The summed E-state index contributed by atoms with van der Waals surface area (Å²) in [6, 6.07) is 3.64. The van der Waals surface area contributed by atoms with Crippen LogP contribution in [0.3, 0.4) is 0 Å². The molecule has 1 saturated carbocycles. The van der Waals surface area contributed by atoms with Crippen molar-refractivity contribution in [2.45, 2.75) is 37.7 Å². The Bertz CT molecular complexity index is 402. The summed E-state index contributed by atoms with van der Waals surface area (Å²) in [5.41, 5.74) is 0.401. The van der Waals surface area contributed by atoms with Gasteiger partial charge in [0.1, 0.15) is 0 Å². The van der Waals surface area contributed by atoms with Crippen LogP contribution in [0.15, 0.2) is 24.5 Å². The lowest BCUT2D eigenvalue weighted by molar-refractivity contribution is 0.0501. The molecule has 5 nitrogen and oxygen atoms in total. The molecule has 1 aromatic heterocycles. The first-order valence-electron chi connectivity index (χ1n) is 6.81. The molecule has 0 bridgehead atoms. The quantitative estimate of drug-likeness (QED) is 0.748. The molecule has 1 aliphatic carbocycles. The number of amides is 2. The summed E-state index contributed by atoms with van der Waals surface area (Å²) in [4.78, 5) is 15.6. The van der Waals surface area contributed by atoms with E-state index in [-0.39, 0.29) is 6.03 Å². The van der Waals surface area contributed by atoms with Gasteiger partial charge in [-0.15, -0.1) is 0 Å². The molecule has 5 heteroatoms. The molecule has 0 aromatic carbocycles. The molecule has 2 rings (SSSR count). The Morgan fingerprint density at radius 1 is 1.37 bits per heavy atom.